The highest BCUT2D eigenvalue weighted by Crippen LogP contribution is 2.34. The molecule has 1 N–H and O–H groups in total. The molecule has 0 amide bonds. The molecule has 1 atom stereocenters. The second kappa shape index (κ2) is 5.56. The van der Waals surface area contributed by atoms with Crippen molar-refractivity contribution in [3.05, 3.63) is 53.0 Å². The Kier molecular flexibility index (Phi) is 3.57. The maximum atomic E-state index is 12.2. The molecule has 1 aromatic heterocycles. The standard InChI is InChI=1S/C15H14N4O4/c1-8-11(14(22)23-2)12(19-15(18-8)16-7-17-19)9-3-5-10(6-4-9)13(20)21/h3-7,12H,1-2H3,(H,20,21)(H,16,17,18)/p-1/t12-/m0/s1. The number of carboxylic acid groups (broad SMARTS) is 1. The fraction of sp³-hybridized carbons (Fsp3) is 0.200. The Balaban J connectivity index is 2.13. The third kappa shape index (κ3) is 2.44. The SMILES string of the molecule is COC(=O)C1=C(C)Nc2ncnn2[C@H]1c1ccc(C(=O)[O-])cc1. The maximum Gasteiger partial charge on any atom is 0.338 e. The van der Waals surface area contributed by atoms with E-state index < -0.39 is 18.0 Å². The van der Waals surface area contributed by atoms with Crippen molar-refractivity contribution in [3.63, 3.8) is 0 Å². The molecular formula is C15H13N4O4-. The molecule has 0 aliphatic carbocycles. The van der Waals surface area contributed by atoms with Crippen LogP contribution in [0, 0.1) is 0 Å². The smallest absolute Gasteiger partial charge is 0.338 e. The van der Waals surface area contributed by atoms with Crippen LogP contribution in [-0.2, 0) is 9.53 Å². The summed E-state index contributed by atoms with van der Waals surface area (Å²) in [5.74, 6) is -1.27. The number of aromatic nitrogens is 3. The molecule has 118 valence electrons. The summed E-state index contributed by atoms with van der Waals surface area (Å²) in [6, 6.07) is 5.52. The summed E-state index contributed by atoms with van der Waals surface area (Å²) in [7, 11) is 1.30. The minimum atomic E-state index is -1.26. The monoisotopic (exact) mass is 313 g/mol. The average molecular weight is 313 g/mol. The van der Waals surface area contributed by atoms with Gasteiger partial charge in [0.25, 0.3) is 0 Å². The lowest BCUT2D eigenvalue weighted by molar-refractivity contribution is -0.255. The number of allylic oxidation sites excluding steroid dienone is 1. The normalized spacial score (nSPS) is 16.5. The van der Waals surface area contributed by atoms with Gasteiger partial charge in [-0.2, -0.15) is 10.1 Å². The molecule has 1 aliphatic heterocycles. The van der Waals surface area contributed by atoms with Crippen LogP contribution in [-0.4, -0.2) is 33.8 Å². The van der Waals surface area contributed by atoms with Gasteiger partial charge in [0.05, 0.1) is 18.7 Å². The number of esters is 1. The Morgan fingerprint density at radius 2 is 2.00 bits per heavy atom. The number of rotatable bonds is 3. The predicted octanol–water partition coefficient (Wildman–Crippen LogP) is 0.103. The largest absolute Gasteiger partial charge is 0.545 e. The molecule has 2 aromatic rings. The summed E-state index contributed by atoms with van der Waals surface area (Å²) in [5.41, 5.74) is 1.72. The number of carbonyl (C=O) groups excluding carboxylic acids is 2. The minimum Gasteiger partial charge on any atom is -0.545 e. The fourth-order valence-corrected chi connectivity index (χ4v) is 2.57. The van der Waals surface area contributed by atoms with E-state index in [9.17, 15) is 14.7 Å². The summed E-state index contributed by atoms with van der Waals surface area (Å²) in [6.07, 6.45) is 1.37. The zero-order valence-corrected chi connectivity index (χ0v) is 12.4. The third-order valence-electron chi connectivity index (χ3n) is 3.66. The fourth-order valence-electron chi connectivity index (χ4n) is 2.57. The van der Waals surface area contributed by atoms with Gasteiger partial charge in [-0.05, 0) is 18.1 Å². The van der Waals surface area contributed by atoms with Gasteiger partial charge in [0, 0.05) is 5.70 Å². The van der Waals surface area contributed by atoms with Crippen molar-refractivity contribution in [1.82, 2.24) is 14.8 Å². The molecule has 0 saturated carbocycles. The average Bonchev–Trinajstić information content (AvgIpc) is 3.00. The van der Waals surface area contributed by atoms with Gasteiger partial charge in [-0.3, -0.25) is 0 Å². The number of aromatic carboxylic acids is 1. The van der Waals surface area contributed by atoms with Crippen LogP contribution in [0.3, 0.4) is 0 Å². The molecule has 1 aromatic carbocycles. The predicted molar refractivity (Wildman–Crippen MR) is 77.3 cm³/mol. The lowest BCUT2D eigenvalue weighted by atomic mass is 9.95. The second-order valence-corrected chi connectivity index (χ2v) is 5.00. The molecule has 0 bridgehead atoms. The van der Waals surface area contributed by atoms with E-state index in [1.165, 1.54) is 25.6 Å². The Bertz CT molecular complexity index is 807. The number of anilines is 1. The number of fused-ring (bicyclic) bond motifs is 1. The number of nitrogens with zero attached hydrogens (tertiary/aromatic N) is 3. The molecule has 0 unspecified atom stereocenters. The van der Waals surface area contributed by atoms with Gasteiger partial charge in [0.2, 0.25) is 5.95 Å². The Morgan fingerprint density at radius 1 is 1.30 bits per heavy atom. The van der Waals surface area contributed by atoms with E-state index >= 15 is 0 Å². The highest BCUT2D eigenvalue weighted by molar-refractivity contribution is 5.92. The number of carbonyl (C=O) groups is 2. The number of hydrogen-bond donors (Lipinski definition) is 1. The first-order valence-electron chi connectivity index (χ1n) is 6.80. The summed E-state index contributed by atoms with van der Waals surface area (Å²) in [4.78, 5) is 27.2. The quantitative estimate of drug-likeness (QED) is 0.800. The molecule has 23 heavy (non-hydrogen) atoms. The number of nitrogens with one attached hydrogen (secondary N) is 1. The van der Waals surface area contributed by atoms with Gasteiger partial charge in [0.15, 0.2) is 0 Å². The van der Waals surface area contributed by atoms with Crippen molar-refractivity contribution >= 4 is 17.9 Å². The van der Waals surface area contributed by atoms with Crippen LogP contribution in [0.25, 0.3) is 0 Å². The first-order valence-corrected chi connectivity index (χ1v) is 6.80. The van der Waals surface area contributed by atoms with Crippen molar-refractivity contribution in [2.45, 2.75) is 13.0 Å². The number of benzene rings is 1. The van der Waals surface area contributed by atoms with Gasteiger partial charge in [-0.25, -0.2) is 9.48 Å². The molecule has 0 saturated heterocycles. The highest BCUT2D eigenvalue weighted by Gasteiger charge is 2.33. The zero-order chi connectivity index (χ0) is 16.6. The van der Waals surface area contributed by atoms with E-state index in [4.69, 9.17) is 4.74 Å². The molecular weight excluding hydrogens is 300 g/mol. The number of carboxylic acids is 1. The number of methoxy groups -OCH3 is 1. The number of ether oxygens (including phenoxy) is 1. The molecule has 8 heteroatoms. The Labute approximate surface area is 131 Å². The van der Waals surface area contributed by atoms with E-state index in [1.54, 1.807) is 23.7 Å². The van der Waals surface area contributed by atoms with Crippen molar-refractivity contribution in [2.75, 3.05) is 12.4 Å². The molecule has 0 radical (unpaired) electrons. The Hall–Kier alpha value is -3.16. The molecule has 1 aliphatic rings. The van der Waals surface area contributed by atoms with Crippen molar-refractivity contribution in [3.8, 4) is 0 Å². The van der Waals surface area contributed by atoms with Crippen molar-refractivity contribution < 1.29 is 19.4 Å². The first-order chi connectivity index (χ1) is 11.0. The van der Waals surface area contributed by atoms with Crippen LogP contribution in [0.5, 0.6) is 0 Å². The highest BCUT2D eigenvalue weighted by atomic mass is 16.5. The zero-order valence-electron chi connectivity index (χ0n) is 12.4. The van der Waals surface area contributed by atoms with Gasteiger partial charge in [-0.15, -0.1) is 0 Å². The lowest BCUT2D eigenvalue weighted by Crippen LogP contribution is -2.29. The van der Waals surface area contributed by atoms with Crippen LogP contribution in [0.15, 0.2) is 41.9 Å². The maximum absolute atomic E-state index is 12.2. The summed E-state index contributed by atoms with van der Waals surface area (Å²) < 4.78 is 6.41. The van der Waals surface area contributed by atoms with Gasteiger partial charge >= 0.3 is 5.97 Å². The van der Waals surface area contributed by atoms with Gasteiger partial charge < -0.3 is 20.0 Å². The molecule has 3 rings (SSSR count). The third-order valence-corrected chi connectivity index (χ3v) is 3.66. The summed E-state index contributed by atoms with van der Waals surface area (Å²) in [6.45, 7) is 1.74. The van der Waals surface area contributed by atoms with E-state index in [2.05, 4.69) is 15.4 Å². The Morgan fingerprint density at radius 3 is 2.61 bits per heavy atom. The van der Waals surface area contributed by atoms with Crippen LogP contribution in [0.1, 0.15) is 28.9 Å². The lowest BCUT2D eigenvalue weighted by Gasteiger charge is -2.28. The second-order valence-electron chi connectivity index (χ2n) is 5.00. The van der Waals surface area contributed by atoms with Crippen molar-refractivity contribution in [1.29, 1.82) is 0 Å². The molecule has 8 nitrogen and oxygen atoms in total. The first kappa shape index (κ1) is 14.8. The van der Waals surface area contributed by atoms with E-state index in [0.29, 0.717) is 22.8 Å². The summed E-state index contributed by atoms with van der Waals surface area (Å²) >= 11 is 0. The van der Waals surface area contributed by atoms with E-state index in [0.717, 1.165) is 0 Å². The van der Waals surface area contributed by atoms with Crippen LogP contribution in [0.2, 0.25) is 0 Å². The van der Waals surface area contributed by atoms with E-state index in [1.807, 2.05) is 0 Å². The molecule has 0 fully saturated rings. The van der Waals surface area contributed by atoms with Crippen LogP contribution >= 0.6 is 0 Å². The topological polar surface area (TPSA) is 109 Å². The van der Waals surface area contributed by atoms with Crippen molar-refractivity contribution in [2.24, 2.45) is 0 Å². The van der Waals surface area contributed by atoms with Crippen LogP contribution in [0.4, 0.5) is 5.95 Å². The number of hydrogen-bond acceptors (Lipinski definition) is 7. The molecule has 0 spiro atoms. The van der Waals surface area contributed by atoms with Gasteiger partial charge in [-0.1, -0.05) is 24.3 Å². The van der Waals surface area contributed by atoms with Crippen LogP contribution < -0.4 is 10.4 Å². The molecule has 2 heterocycles. The summed E-state index contributed by atoms with van der Waals surface area (Å²) in [5, 5.41) is 18.0. The minimum absolute atomic E-state index is 0.0572. The van der Waals surface area contributed by atoms with E-state index in [-0.39, 0.29) is 5.56 Å². The van der Waals surface area contributed by atoms with Gasteiger partial charge in [0.1, 0.15) is 12.4 Å².